The van der Waals surface area contributed by atoms with E-state index in [0.29, 0.717) is 17.8 Å². The topological polar surface area (TPSA) is 15.6 Å². The van der Waals surface area contributed by atoms with Crippen molar-refractivity contribution in [3.05, 3.63) is 28.5 Å². The maximum absolute atomic E-state index is 13.5. The fraction of sp³-hybridized carbons (Fsp3) is 0.300. The molecule has 2 nitrogen and oxygen atoms in total. The SMILES string of the molecule is Cc1c(N2CC(Cl)C=N2)ccc(Cl)c1F. The van der Waals surface area contributed by atoms with Crippen LogP contribution in [0.4, 0.5) is 10.1 Å². The van der Waals surface area contributed by atoms with Crippen molar-refractivity contribution in [1.29, 1.82) is 0 Å². The van der Waals surface area contributed by atoms with Crippen LogP contribution in [0, 0.1) is 12.7 Å². The molecular weight excluding hydrogens is 238 g/mol. The maximum Gasteiger partial charge on any atom is 0.146 e. The van der Waals surface area contributed by atoms with E-state index in [2.05, 4.69) is 5.10 Å². The van der Waals surface area contributed by atoms with Crippen molar-refractivity contribution in [3.8, 4) is 0 Å². The highest BCUT2D eigenvalue weighted by Crippen LogP contribution is 2.29. The summed E-state index contributed by atoms with van der Waals surface area (Å²) in [5, 5.41) is 5.76. The highest BCUT2D eigenvalue weighted by Gasteiger charge is 2.20. The molecule has 0 radical (unpaired) electrons. The van der Waals surface area contributed by atoms with E-state index in [4.69, 9.17) is 23.2 Å². The van der Waals surface area contributed by atoms with E-state index in [0.717, 1.165) is 0 Å². The minimum absolute atomic E-state index is 0.122. The molecular formula is C10H9Cl2FN2. The van der Waals surface area contributed by atoms with Crippen molar-refractivity contribution in [2.45, 2.75) is 12.3 Å². The number of nitrogens with zero attached hydrogens (tertiary/aromatic N) is 2. The lowest BCUT2D eigenvalue weighted by atomic mass is 10.2. The molecule has 80 valence electrons. The largest absolute Gasteiger partial charge is 0.264 e. The Hall–Kier alpha value is -0.800. The van der Waals surface area contributed by atoms with E-state index in [-0.39, 0.29) is 10.4 Å². The summed E-state index contributed by atoms with van der Waals surface area (Å²) in [5.41, 5.74) is 1.20. The number of hydrazone groups is 1. The molecule has 0 aliphatic carbocycles. The van der Waals surface area contributed by atoms with Gasteiger partial charge >= 0.3 is 0 Å². The van der Waals surface area contributed by atoms with Gasteiger partial charge < -0.3 is 0 Å². The molecule has 0 amide bonds. The molecule has 0 aromatic heterocycles. The molecule has 0 bridgehead atoms. The van der Waals surface area contributed by atoms with Crippen LogP contribution in [0.5, 0.6) is 0 Å². The number of anilines is 1. The van der Waals surface area contributed by atoms with Crippen molar-refractivity contribution in [2.24, 2.45) is 5.10 Å². The molecule has 5 heteroatoms. The quantitative estimate of drug-likeness (QED) is 0.696. The third-order valence-corrected chi connectivity index (χ3v) is 2.85. The molecule has 0 N–H and O–H groups in total. The van der Waals surface area contributed by atoms with E-state index in [1.54, 1.807) is 24.2 Å². The molecule has 1 unspecified atom stereocenters. The highest BCUT2D eigenvalue weighted by molar-refractivity contribution is 6.31. The molecule has 15 heavy (non-hydrogen) atoms. The lowest BCUT2D eigenvalue weighted by Crippen LogP contribution is -2.18. The average molecular weight is 247 g/mol. The number of hydrogen-bond donors (Lipinski definition) is 0. The lowest BCUT2D eigenvalue weighted by molar-refractivity contribution is 0.618. The summed E-state index contributed by atoms with van der Waals surface area (Å²) in [6.45, 7) is 2.23. The van der Waals surface area contributed by atoms with Crippen LogP contribution in [0.1, 0.15) is 5.56 Å². The van der Waals surface area contributed by atoms with Gasteiger partial charge in [-0.15, -0.1) is 11.6 Å². The first-order chi connectivity index (χ1) is 7.09. The summed E-state index contributed by atoms with van der Waals surface area (Å²) in [7, 11) is 0. The zero-order valence-corrected chi connectivity index (χ0v) is 9.56. The monoisotopic (exact) mass is 246 g/mol. The summed E-state index contributed by atoms with van der Waals surface area (Å²) in [5.74, 6) is -0.401. The maximum atomic E-state index is 13.5. The predicted molar refractivity (Wildman–Crippen MR) is 61.6 cm³/mol. The second-order valence-corrected chi connectivity index (χ2v) is 4.34. The minimum Gasteiger partial charge on any atom is -0.264 e. The van der Waals surface area contributed by atoms with E-state index >= 15 is 0 Å². The number of hydrogen-bond acceptors (Lipinski definition) is 2. The van der Waals surface area contributed by atoms with Gasteiger partial charge in [0.1, 0.15) is 5.82 Å². The molecule has 0 fully saturated rings. The van der Waals surface area contributed by atoms with Crippen LogP contribution in [0.3, 0.4) is 0 Å². The predicted octanol–water partition coefficient (Wildman–Crippen LogP) is 3.20. The van der Waals surface area contributed by atoms with Gasteiger partial charge in [0, 0.05) is 11.8 Å². The number of benzene rings is 1. The van der Waals surface area contributed by atoms with E-state index < -0.39 is 5.82 Å². The van der Waals surface area contributed by atoms with Crippen molar-refractivity contribution in [3.63, 3.8) is 0 Å². The van der Waals surface area contributed by atoms with Gasteiger partial charge in [0.15, 0.2) is 0 Å². The third kappa shape index (κ3) is 1.94. The molecule has 1 aromatic rings. The van der Waals surface area contributed by atoms with Crippen molar-refractivity contribution < 1.29 is 4.39 Å². The van der Waals surface area contributed by atoms with Gasteiger partial charge in [-0.25, -0.2) is 4.39 Å². The summed E-state index contributed by atoms with van der Waals surface area (Å²) in [6, 6.07) is 3.27. The Morgan fingerprint density at radius 2 is 2.27 bits per heavy atom. The van der Waals surface area contributed by atoms with Gasteiger partial charge in [0.25, 0.3) is 0 Å². The zero-order valence-electron chi connectivity index (χ0n) is 8.04. The Morgan fingerprint density at radius 3 is 2.87 bits per heavy atom. The number of rotatable bonds is 1. The Bertz CT molecular complexity index is 420. The van der Waals surface area contributed by atoms with E-state index in [9.17, 15) is 4.39 Å². The van der Waals surface area contributed by atoms with Crippen LogP contribution in [-0.2, 0) is 0 Å². The van der Waals surface area contributed by atoms with Crippen LogP contribution >= 0.6 is 23.2 Å². The van der Waals surface area contributed by atoms with Crippen LogP contribution in [0.15, 0.2) is 17.2 Å². The lowest BCUT2D eigenvalue weighted by Gasteiger charge is -2.17. The Balaban J connectivity index is 2.38. The minimum atomic E-state index is -0.401. The van der Waals surface area contributed by atoms with Crippen molar-refractivity contribution >= 4 is 35.1 Å². The Morgan fingerprint density at radius 1 is 1.53 bits per heavy atom. The third-order valence-electron chi connectivity index (χ3n) is 2.30. The van der Waals surface area contributed by atoms with Crippen LogP contribution in [-0.4, -0.2) is 18.1 Å². The molecule has 0 saturated heterocycles. The van der Waals surface area contributed by atoms with E-state index in [1.165, 1.54) is 6.07 Å². The molecule has 1 heterocycles. The zero-order chi connectivity index (χ0) is 11.0. The Labute approximate surface area is 97.3 Å². The average Bonchev–Trinajstić information content (AvgIpc) is 2.61. The summed E-state index contributed by atoms with van der Waals surface area (Å²) < 4.78 is 13.5. The highest BCUT2D eigenvalue weighted by atomic mass is 35.5. The smallest absolute Gasteiger partial charge is 0.146 e. The summed E-state index contributed by atoms with van der Waals surface area (Å²) in [6.07, 6.45) is 1.63. The molecule has 1 aliphatic rings. The standard InChI is InChI=1S/C10H9Cl2FN2/c1-6-9(3-2-8(12)10(6)13)15-5-7(11)4-14-15/h2-4,7H,5H2,1H3. The van der Waals surface area contributed by atoms with Gasteiger partial charge in [-0.05, 0) is 19.1 Å². The molecule has 2 rings (SSSR count). The molecule has 0 spiro atoms. The number of halogens is 3. The first-order valence-corrected chi connectivity index (χ1v) is 5.31. The van der Waals surface area contributed by atoms with Crippen molar-refractivity contribution in [2.75, 3.05) is 11.6 Å². The molecule has 1 aromatic carbocycles. The molecule has 1 atom stereocenters. The first kappa shape index (κ1) is 10.7. The van der Waals surface area contributed by atoms with Gasteiger partial charge in [0.2, 0.25) is 0 Å². The summed E-state index contributed by atoms with van der Waals surface area (Å²) in [4.78, 5) is 0. The summed E-state index contributed by atoms with van der Waals surface area (Å²) >= 11 is 11.5. The normalized spacial score (nSPS) is 20.0. The fourth-order valence-corrected chi connectivity index (χ4v) is 1.88. The molecule has 1 aliphatic heterocycles. The fourth-order valence-electron chi connectivity index (χ4n) is 1.49. The number of alkyl halides is 1. The van der Waals surface area contributed by atoms with Crippen LogP contribution in [0.25, 0.3) is 0 Å². The second-order valence-electron chi connectivity index (χ2n) is 3.37. The first-order valence-electron chi connectivity index (χ1n) is 4.50. The van der Waals surface area contributed by atoms with Gasteiger partial charge in [-0.2, -0.15) is 5.10 Å². The van der Waals surface area contributed by atoms with Crippen LogP contribution < -0.4 is 5.01 Å². The van der Waals surface area contributed by atoms with Gasteiger partial charge in [-0.1, -0.05) is 11.6 Å². The van der Waals surface area contributed by atoms with Crippen molar-refractivity contribution in [1.82, 2.24) is 0 Å². The Kier molecular flexibility index (Phi) is 2.85. The van der Waals surface area contributed by atoms with Gasteiger partial charge in [0.05, 0.1) is 22.6 Å². The van der Waals surface area contributed by atoms with Gasteiger partial charge in [-0.3, -0.25) is 5.01 Å². The van der Waals surface area contributed by atoms with E-state index in [1.807, 2.05) is 0 Å². The molecule has 0 saturated carbocycles. The van der Waals surface area contributed by atoms with Crippen LogP contribution in [0.2, 0.25) is 5.02 Å². The second kappa shape index (κ2) is 3.99.